The smallest absolute Gasteiger partial charge is 0.126 e. The maximum absolute atomic E-state index is 13.3. The molecule has 0 bridgehead atoms. The van der Waals surface area contributed by atoms with E-state index >= 15 is 0 Å². The van der Waals surface area contributed by atoms with Gasteiger partial charge in [-0.05, 0) is 68.7 Å². The van der Waals surface area contributed by atoms with E-state index in [9.17, 15) is 8.78 Å². The second-order valence-electron chi connectivity index (χ2n) is 4.55. The zero-order valence-electron chi connectivity index (χ0n) is 9.81. The van der Waals surface area contributed by atoms with Gasteiger partial charge in [-0.15, -0.1) is 0 Å². The molecule has 17 heavy (non-hydrogen) atoms. The van der Waals surface area contributed by atoms with Gasteiger partial charge in [0.25, 0.3) is 0 Å². The Balaban J connectivity index is 1.72. The first-order valence-electron chi connectivity index (χ1n) is 6.11. The van der Waals surface area contributed by atoms with Crippen molar-refractivity contribution in [2.24, 2.45) is 5.92 Å². The number of halogens is 2. The summed E-state index contributed by atoms with van der Waals surface area (Å²) >= 11 is 0. The zero-order chi connectivity index (χ0) is 12.1. The highest BCUT2D eigenvalue weighted by atomic mass is 19.1. The van der Waals surface area contributed by atoms with Gasteiger partial charge in [-0.3, -0.25) is 0 Å². The SMILES string of the molecule is Fc1ccc(F)c(CCNCC2CCNC2)c1. The minimum absolute atomic E-state index is 0.323. The van der Waals surface area contributed by atoms with E-state index in [0.717, 1.165) is 25.7 Å². The summed E-state index contributed by atoms with van der Waals surface area (Å²) in [6, 6.07) is 3.61. The fourth-order valence-electron chi connectivity index (χ4n) is 2.15. The normalized spacial score (nSPS) is 19.8. The fourth-order valence-corrected chi connectivity index (χ4v) is 2.15. The molecule has 0 saturated carbocycles. The monoisotopic (exact) mass is 240 g/mol. The van der Waals surface area contributed by atoms with E-state index in [1.54, 1.807) is 0 Å². The van der Waals surface area contributed by atoms with Gasteiger partial charge in [0.05, 0.1) is 0 Å². The zero-order valence-corrected chi connectivity index (χ0v) is 9.81. The maximum Gasteiger partial charge on any atom is 0.126 e. The van der Waals surface area contributed by atoms with Crippen LogP contribution in [0, 0.1) is 17.6 Å². The van der Waals surface area contributed by atoms with Crippen LogP contribution in [0.15, 0.2) is 18.2 Å². The van der Waals surface area contributed by atoms with Gasteiger partial charge in [0, 0.05) is 0 Å². The number of nitrogens with one attached hydrogen (secondary N) is 2. The Kier molecular flexibility index (Phi) is 4.45. The average Bonchev–Trinajstić information content (AvgIpc) is 2.82. The summed E-state index contributed by atoms with van der Waals surface area (Å²) in [7, 11) is 0. The molecule has 1 unspecified atom stereocenters. The lowest BCUT2D eigenvalue weighted by molar-refractivity contribution is 0.510. The van der Waals surface area contributed by atoms with Crippen LogP contribution in [0.1, 0.15) is 12.0 Å². The Labute approximate surface area is 100 Å². The van der Waals surface area contributed by atoms with Crippen LogP contribution in [0.5, 0.6) is 0 Å². The second kappa shape index (κ2) is 6.07. The van der Waals surface area contributed by atoms with E-state index in [4.69, 9.17) is 0 Å². The quantitative estimate of drug-likeness (QED) is 0.766. The van der Waals surface area contributed by atoms with Crippen LogP contribution in [0.4, 0.5) is 8.78 Å². The summed E-state index contributed by atoms with van der Waals surface area (Å²) in [5.74, 6) is -0.0236. The van der Waals surface area contributed by atoms with Crippen LogP contribution < -0.4 is 10.6 Å². The molecule has 2 nitrogen and oxygen atoms in total. The average molecular weight is 240 g/mol. The van der Waals surface area contributed by atoms with Crippen molar-refractivity contribution in [1.29, 1.82) is 0 Å². The van der Waals surface area contributed by atoms with Crippen LogP contribution in [0.3, 0.4) is 0 Å². The Hall–Kier alpha value is -1.00. The van der Waals surface area contributed by atoms with Crippen molar-refractivity contribution in [1.82, 2.24) is 10.6 Å². The predicted molar refractivity (Wildman–Crippen MR) is 63.9 cm³/mol. The highest BCUT2D eigenvalue weighted by Gasteiger charge is 2.13. The van der Waals surface area contributed by atoms with E-state index in [0.29, 0.717) is 24.4 Å². The van der Waals surface area contributed by atoms with Gasteiger partial charge in [-0.25, -0.2) is 8.78 Å². The number of rotatable bonds is 5. The third-order valence-corrected chi connectivity index (χ3v) is 3.17. The minimum atomic E-state index is -0.374. The van der Waals surface area contributed by atoms with Gasteiger partial charge in [0.2, 0.25) is 0 Å². The third kappa shape index (κ3) is 3.75. The highest BCUT2D eigenvalue weighted by Crippen LogP contribution is 2.10. The molecule has 94 valence electrons. The summed E-state index contributed by atoms with van der Waals surface area (Å²) in [5.41, 5.74) is 0.446. The molecule has 0 radical (unpaired) electrons. The lowest BCUT2D eigenvalue weighted by Gasteiger charge is -2.10. The Morgan fingerprint density at radius 1 is 1.35 bits per heavy atom. The molecule has 1 aromatic rings. The number of hydrogen-bond acceptors (Lipinski definition) is 2. The summed E-state index contributed by atoms with van der Waals surface area (Å²) < 4.78 is 26.2. The first-order valence-corrected chi connectivity index (χ1v) is 6.11. The Morgan fingerprint density at radius 3 is 3.00 bits per heavy atom. The van der Waals surface area contributed by atoms with E-state index < -0.39 is 0 Å². The van der Waals surface area contributed by atoms with E-state index in [-0.39, 0.29) is 11.6 Å². The molecule has 2 N–H and O–H groups in total. The Morgan fingerprint density at radius 2 is 2.24 bits per heavy atom. The van der Waals surface area contributed by atoms with Crippen molar-refractivity contribution >= 4 is 0 Å². The largest absolute Gasteiger partial charge is 0.316 e. The molecule has 1 fully saturated rings. The molecule has 4 heteroatoms. The van der Waals surface area contributed by atoms with Gasteiger partial charge in [-0.2, -0.15) is 0 Å². The lowest BCUT2D eigenvalue weighted by atomic mass is 10.1. The summed E-state index contributed by atoms with van der Waals surface area (Å²) in [4.78, 5) is 0. The second-order valence-corrected chi connectivity index (χ2v) is 4.55. The van der Waals surface area contributed by atoms with Gasteiger partial charge >= 0.3 is 0 Å². The first kappa shape index (κ1) is 12.5. The Bertz CT molecular complexity index is 362. The standard InChI is InChI=1S/C13H18F2N2/c14-12-1-2-13(15)11(7-12)4-6-17-9-10-3-5-16-8-10/h1-2,7,10,16-17H,3-6,8-9H2. The molecule has 1 aliphatic heterocycles. The van der Waals surface area contributed by atoms with Crippen molar-refractivity contribution in [2.75, 3.05) is 26.2 Å². The molecule has 0 aromatic heterocycles. The van der Waals surface area contributed by atoms with E-state index in [1.165, 1.54) is 18.6 Å². The molecule has 1 saturated heterocycles. The van der Waals surface area contributed by atoms with Crippen LogP contribution >= 0.6 is 0 Å². The highest BCUT2D eigenvalue weighted by molar-refractivity contribution is 5.18. The molecule has 1 aliphatic rings. The topological polar surface area (TPSA) is 24.1 Å². The fraction of sp³-hybridized carbons (Fsp3) is 0.538. The molecule has 0 spiro atoms. The van der Waals surface area contributed by atoms with E-state index in [1.807, 2.05) is 0 Å². The molecule has 0 amide bonds. The molecule has 1 heterocycles. The van der Waals surface area contributed by atoms with Crippen molar-refractivity contribution in [3.63, 3.8) is 0 Å². The van der Waals surface area contributed by atoms with Crippen molar-refractivity contribution < 1.29 is 8.78 Å². The van der Waals surface area contributed by atoms with Crippen LogP contribution in [0.25, 0.3) is 0 Å². The van der Waals surface area contributed by atoms with Gasteiger partial charge in [0.15, 0.2) is 0 Å². The van der Waals surface area contributed by atoms with E-state index in [2.05, 4.69) is 10.6 Å². The van der Waals surface area contributed by atoms with Crippen LogP contribution in [-0.2, 0) is 6.42 Å². The molecular weight excluding hydrogens is 222 g/mol. The third-order valence-electron chi connectivity index (χ3n) is 3.17. The number of hydrogen-bond donors (Lipinski definition) is 2. The summed E-state index contributed by atoms with van der Waals surface area (Å²) in [6.45, 7) is 3.78. The van der Waals surface area contributed by atoms with Crippen molar-refractivity contribution in [2.45, 2.75) is 12.8 Å². The maximum atomic E-state index is 13.3. The molecule has 0 aliphatic carbocycles. The molecular formula is C13H18F2N2. The van der Waals surface area contributed by atoms with Gasteiger partial charge in [-0.1, -0.05) is 0 Å². The molecule has 2 rings (SSSR count). The summed E-state index contributed by atoms with van der Waals surface area (Å²) in [6.07, 6.45) is 1.73. The first-order chi connectivity index (χ1) is 8.25. The van der Waals surface area contributed by atoms with Crippen LogP contribution in [0.2, 0.25) is 0 Å². The molecule has 1 atom stereocenters. The predicted octanol–water partition coefficient (Wildman–Crippen LogP) is 1.71. The van der Waals surface area contributed by atoms with Gasteiger partial charge in [0.1, 0.15) is 11.6 Å². The minimum Gasteiger partial charge on any atom is -0.316 e. The van der Waals surface area contributed by atoms with Crippen molar-refractivity contribution in [3.05, 3.63) is 35.4 Å². The number of benzene rings is 1. The lowest BCUT2D eigenvalue weighted by Crippen LogP contribution is -2.26. The van der Waals surface area contributed by atoms with Crippen molar-refractivity contribution in [3.8, 4) is 0 Å². The molecule has 1 aromatic carbocycles. The van der Waals surface area contributed by atoms with Gasteiger partial charge < -0.3 is 10.6 Å². The van der Waals surface area contributed by atoms with Crippen LogP contribution in [-0.4, -0.2) is 26.2 Å². The summed E-state index contributed by atoms with van der Waals surface area (Å²) in [5, 5.41) is 6.59.